The molecule has 5 heteroatoms. The number of aromatic hydroxyl groups is 1. The fourth-order valence-electron chi connectivity index (χ4n) is 8.68. The van der Waals surface area contributed by atoms with Gasteiger partial charge in [0.1, 0.15) is 23.0 Å². The maximum atomic E-state index is 12.6. The molecule has 0 radical (unpaired) electrons. The first kappa shape index (κ1) is 53.5. The second-order valence-electron chi connectivity index (χ2n) is 26.5. The van der Waals surface area contributed by atoms with Gasteiger partial charge in [0.25, 0.3) is 0 Å². The summed E-state index contributed by atoms with van der Waals surface area (Å²) in [7, 11) is -2.14. The molecule has 4 aromatic rings. The molecule has 0 saturated carbocycles. The van der Waals surface area contributed by atoms with Crippen molar-refractivity contribution >= 4 is 8.60 Å². The van der Waals surface area contributed by atoms with Gasteiger partial charge < -0.3 is 18.7 Å². The van der Waals surface area contributed by atoms with Crippen LogP contribution < -0.4 is 13.6 Å². The minimum atomic E-state index is -2.14. The molecular formula is C61H91O4P. The summed E-state index contributed by atoms with van der Waals surface area (Å²) in [6, 6.07) is 18.7. The fourth-order valence-corrected chi connectivity index (χ4v) is 9.87. The van der Waals surface area contributed by atoms with E-state index in [1.165, 1.54) is 38.9 Å². The lowest BCUT2D eigenvalue weighted by atomic mass is 9.73. The molecule has 5 rings (SSSR count). The summed E-state index contributed by atoms with van der Waals surface area (Å²) in [5.74, 6) is 2.70. The number of phenols is 1. The lowest BCUT2D eigenvalue weighted by Gasteiger charge is -2.37. The molecule has 0 bridgehead atoms. The van der Waals surface area contributed by atoms with Crippen molar-refractivity contribution in [3.05, 3.63) is 104 Å². The highest BCUT2D eigenvalue weighted by Gasteiger charge is 2.40. The summed E-state index contributed by atoms with van der Waals surface area (Å²) in [5.41, 5.74) is 11.7. The highest BCUT2D eigenvalue weighted by molar-refractivity contribution is 7.43. The predicted octanol–water partition coefficient (Wildman–Crippen LogP) is 18.7. The zero-order valence-corrected chi connectivity index (χ0v) is 47.2. The summed E-state index contributed by atoms with van der Waals surface area (Å²) in [6.07, 6.45) is 4.58. The van der Waals surface area contributed by atoms with Crippen molar-refractivity contribution in [2.45, 2.75) is 242 Å². The van der Waals surface area contributed by atoms with Crippen molar-refractivity contribution < 1.29 is 18.7 Å². The molecule has 4 aromatic carbocycles. The Labute approximate surface area is 405 Å². The predicted molar refractivity (Wildman–Crippen MR) is 286 cm³/mol. The quantitative estimate of drug-likeness (QED) is 0.152. The highest BCUT2D eigenvalue weighted by Crippen LogP contribution is 2.57. The number of rotatable bonds is 11. The number of phenolic OH excluding ortho intramolecular Hbond substituents is 1. The zero-order chi connectivity index (χ0) is 50.1. The largest absolute Gasteiger partial charge is 0.530 e. The number of fused-ring (bicyclic) bond motifs is 2. The molecule has 1 N–H and O–H groups in total. The Bertz CT molecular complexity index is 2330. The Morgan fingerprint density at radius 3 is 1.12 bits per heavy atom. The van der Waals surface area contributed by atoms with Crippen LogP contribution in [-0.4, -0.2) is 5.11 Å². The van der Waals surface area contributed by atoms with Crippen LogP contribution in [0, 0.1) is 0 Å². The van der Waals surface area contributed by atoms with Crippen molar-refractivity contribution in [3.8, 4) is 34.1 Å². The van der Waals surface area contributed by atoms with Crippen LogP contribution in [0.15, 0.2) is 48.5 Å². The monoisotopic (exact) mass is 919 g/mol. The van der Waals surface area contributed by atoms with E-state index in [1.807, 2.05) is 0 Å². The first-order valence-electron chi connectivity index (χ1n) is 25.2. The van der Waals surface area contributed by atoms with Gasteiger partial charge in [0.15, 0.2) is 0 Å². The van der Waals surface area contributed by atoms with Crippen LogP contribution in [0.1, 0.15) is 247 Å². The van der Waals surface area contributed by atoms with Crippen molar-refractivity contribution in [1.29, 1.82) is 0 Å². The van der Waals surface area contributed by atoms with Crippen LogP contribution in [0.5, 0.6) is 23.0 Å². The molecule has 1 aliphatic heterocycles. The molecule has 0 atom stereocenters. The Hall–Kier alpha value is -3.49. The van der Waals surface area contributed by atoms with Crippen LogP contribution in [0.3, 0.4) is 0 Å². The first-order chi connectivity index (χ1) is 29.9. The summed E-state index contributed by atoms with van der Waals surface area (Å²) >= 11 is 0. The van der Waals surface area contributed by atoms with Gasteiger partial charge in [-0.1, -0.05) is 203 Å². The van der Waals surface area contributed by atoms with Crippen molar-refractivity contribution in [3.63, 3.8) is 0 Å². The van der Waals surface area contributed by atoms with E-state index in [9.17, 15) is 5.11 Å². The molecule has 0 fully saturated rings. The molecule has 1 heterocycles. The van der Waals surface area contributed by atoms with Crippen molar-refractivity contribution in [1.82, 2.24) is 0 Å². The minimum Gasteiger partial charge on any atom is -0.507 e. The van der Waals surface area contributed by atoms with Crippen molar-refractivity contribution in [2.24, 2.45) is 0 Å². The van der Waals surface area contributed by atoms with E-state index in [0.29, 0.717) is 12.2 Å². The van der Waals surface area contributed by atoms with E-state index in [2.05, 4.69) is 215 Å². The molecule has 4 nitrogen and oxygen atoms in total. The van der Waals surface area contributed by atoms with Gasteiger partial charge in [0.2, 0.25) is 0 Å². The van der Waals surface area contributed by atoms with E-state index in [0.717, 1.165) is 65.0 Å². The Balaban J connectivity index is 2.00. The lowest BCUT2D eigenvalue weighted by molar-refractivity contribution is 0.360. The van der Waals surface area contributed by atoms with Gasteiger partial charge in [0.05, 0.1) is 0 Å². The number of hydrogen-bond acceptors (Lipinski definition) is 4. The molecule has 0 saturated heterocycles. The van der Waals surface area contributed by atoms with Crippen LogP contribution >= 0.6 is 8.60 Å². The van der Waals surface area contributed by atoms with Gasteiger partial charge in [-0.2, -0.15) is 0 Å². The summed E-state index contributed by atoms with van der Waals surface area (Å²) in [6.45, 7) is 54.8. The smallest absolute Gasteiger partial charge is 0.507 e. The van der Waals surface area contributed by atoms with E-state index in [-0.39, 0.29) is 49.1 Å². The first-order valence-corrected chi connectivity index (χ1v) is 26.3. The topological polar surface area (TPSA) is 47.9 Å². The van der Waals surface area contributed by atoms with Gasteiger partial charge in [0, 0.05) is 39.8 Å². The normalized spacial score (nSPS) is 14.8. The average Bonchev–Trinajstić information content (AvgIpc) is 3.19. The molecule has 1 aliphatic rings. The van der Waals surface area contributed by atoms with Gasteiger partial charge in [-0.25, -0.2) is 0 Å². The van der Waals surface area contributed by atoms with E-state index >= 15 is 0 Å². The Morgan fingerprint density at radius 2 is 0.773 bits per heavy atom. The Morgan fingerprint density at radius 1 is 0.424 bits per heavy atom. The second kappa shape index (κ2) is 18.1. The lowest BCUT2D eigenvalue weighted by Crippen LogP contribution is -2.25. The van der Waals surface area contributed by atoms with E-state index in [4.69, 9.17) is 13.6 Å². The van der Waals surface area contributed by atoms with Gasteiger partial charge >= 0.3 is 8.60 Å². The summed E-state index contributed by atoms with van der Waals surface area (Å²) < 4.78 is 22.7. The fraction of sp³-hybridized carbons (Fsp3) is 0.607. The van der Waals surface area contributed by atoms with Crippen LogP contribution in [-0.2, 0) is 49.7 Å². The maximum Gasteiger partial charge on any atom is 0.530 e. The van der Waals surface area contributed by atoms with E-state index < -0.39 is 8.60 Å². The van der Waals surface area contributed by atoms with Crippen LogP contribution in [0.25, 0.3) is 11.1 Å². The molecule has 0 amide bonds. The zero-order valence-electron chi connectivity index (χ0n) is 46.3. The summed E-state index contributed by atoms with van der Waals surface area (Å²) in [5, 5.41) is 12.6. The van der Waals surface area contributed by atoms with Gasteiger partial charge in [-0.3, -0.25) is 0 Å². The molecular weight excluding hydrogens is 828 g/mol. The average molecular weight is 919 g/mol. The third-order valence-electron chi connectivity index (χ3n) is 15.6. The molecule has 364 valence electrons. The van der Waals surface area contributed by atoms with E-state index in [1.54, 1.807) is 0 Å². The minimum absolute atomic E-state index is 0.0429. The number of benzene rings is 4. The SMILES string of the molecule is CCC(C)(C)c1cc2c(c(C(C)(C)CC)c1)OP(Oc1c(-c3cc(C(C)(C)C)cc(C(C)(C)C)c3O)cc(C(C)(C)C)cc1C(C)(C)C)Oc1c(cc(C(C)(C)CC)cc1C(C)(C)CC)C2. The van der Waals surface area contributed by atoms with Gasteiger partial charge in [-0.05, 0) is 115 Å². The number of hydrogen-bond donors (Lipinski definition) is 1. The molecule has 0 aliphatic carbocycles. The van der Waals surface area contributed by atoms with Gasteiger partial charge in [-0.15, -0.1) is 0 Å². The molecule has 0 aromatic heterocycles. The second-order valence-corrected chi connectivity index (χ2v) is 27.5. The molecule has 0 unspecified atom stereocenters. The third kappa shape index (κ3) is 10.9. The summed E-state index contributed by atoms with van der Waals surface area (Å²) in [4.78, 5) is 0. The van der Waals surface area contributed by atoms with Crippen LogP contribution in [0.2, 0.25) is 0 Å². The molecule has 66 heavy (non-hydrogen) atoms. The molecule has 0 spiro atoms. The highest BCUT2D eigenvalue weighted by atomic mass is 31.2. The Kier molecular flexibility index (Phi) is 14.7. The standard InChI is InChI=1S/C61H91O4P/c1-25-58(17,18)42-30-38-29-39-31-43(59(19,20)26-2)37-49(61(23,24)28-4)52(39)64-66(63-51(38)48(36-42)60(21,22)27-3)65-53-45(33-41(55(8,9)10)35-47(53)57(14,15)16)44-32-40(54(5,6)7)34-46(50(44)62)56(11,12)13/h30-37,62H,25-29H2,1-24H3. The maximum absolute atomic E-state index is 12.6. The van der Waals surface area contributed by atoms with Crippen LogP contribution in [0.4, 0.5) is 0 Å². The van der Waals surface area contributed by atoms with Crippen molar-refractivity contribution in [2.75, 3.05) is 0 Å². The third-order valence-corrected chi connectivity index (χ3v) is 16.6.